The van der Waals surface area contributed by atoms with E-state index in [0.29, 0.717) is 35.1 Å². The maximum Gasteiger partial charge on any atom is 0.387 e. The molecular weight excluding hydrogens is 494 g/mol. The maximum absolute atomic E-state index is 13.9. The van der Waals surface area contributed by atoms with Crippen LogP contribution in [0.4, 0.5) is 13.6 Å². The van der Waals surface area contributed by atoms with Gasteiger partial charge in [-0.3, -0.25) is 19.5 Å². The van der Waals surface area contributed by atoms with Crippen LogP contribution in [0.3, 0.4) is 0 Å². The van der Waals surface area contributed by atoms with Gasteiger partial charge in [0, 0.05) is 49.2 Å². The number of fused-ring (bicyclic) bond motifs is 4. The third-order valence-corrected chi connectivity index (χ3v) is 7.80. The number of nitrogens with zero attached hydrogens (tertiary/aromatic N) is 3. The molecule has 0 bridgehead atoms. The molecule has 38 heavy (non-hydrogen) atoms. The molecule has 10 heteroatoms. The number of halogens is 2. The van der Waals surface area contributed by atoms with Gasteiger partial charge in [0.15, 0.2) is 0 Å². The Bertz CT molecular complexity index is 1450. The van der Waals surface area contributed by atoms with Gasteiger partial charge in [-0.15, -0.1) is 0 Å². The Kier molecular flexibility index (Phi) is 5.86. The van der Waals surface area contributed by atoms with Crippen LogP contribution in [-0.2, 0) is 11.2 Å². The van der Waals surface area contributed by atoms with Crippen molar-refractivity contribution in [1.82, 2.24) is 19.7 Å². The number of aromatic amines is 1. The zero-order valence-electron chi connectivity index (χ0n) is 20.9. The summed E-state index contributed by atoms with van der Waals surface area (Å²) in [5, 5.41) is 10.9. The maximum atomic E-state index is 13.9. The third kappa shape index (κ3) is 3.91. The van der Waals surface area contributed by atoms with Gasteiger partial charge < -0.3 is 14.8 Å². The van der Waals surface area contributed by atoms with Crippen molar-refractivity contribution in [3.63, 3.8) is 0 Å². The SMILES string of the molecule is CC12Cc3c([nH]c4ccc(OC(F)F)cc34)C(c3cccc(O)c3)N1C(=O)N(CCCN1CC=CC1)C2=O. The molecule has 198 valence electrons. The number of carbonyl (C=O) groups excluding carboxylic acids is 2. The van der Waals surface area contributed by atoms with Crippen molar-refractivity contribution in [2.45, 2.75) is 38.0 Å². The number of rotatable bonds is 7. The second-order valence-corrected chi connectivity index (χ2v) is 10.2. The molecule has 1 aromatic heterocycles. The van der Waals surface area contributed by atoms with E-state index in [4.69, 9.17) is 0 Å². The molecule has 2 aromatic carbocycles. The Balaban J connectivity index is 1.42. The summed E-state index contributed by atoms with van der Waals surface area (Å²) >= 11 is 0. The van der Waals surface area contributed by atoms with Gasteiger partial charge in [-0.2, -0.15) is 8.78 Å². The summed E-state index contributed by atoms with van der Waals surface area (Å²) in [5.41, 5.74) is 1.58. The molecule has 8 nitrogen and oxygen atoms in total. The van der Waals surface area contributed by atoms with Crippen molar-refractivity contribution >= 4 is 22.8 Å². The van der Waals surface area contributed by atoms with Gasteiger partial charge in [-0.05, 0) is 54.8 Å². The lowest BCUT2D eigenvalue weighted by molar-refractivity contribution is -0.133. The highest BCUT2D eigenvalue weighted by molar-refractivity contribution is 6.08. The van der Waals surface area contributed by atoms with Crippen molar-refractivity contribution in [2.75, 3.05) is 26.2 Å². The minimum atomic E-state index is -2.96. The second kappa shape index (κ2) is 9.13. The van der Waals surface area contributed by atoms with Crippen molar-refractivity contribution in [1.29, 1.82) is 0 Å². The first kappa shape index (κ1) is 24.4. The molecule has 2 N–H and O–H groups in total. The number of urea groups is 1. The molecule has 0 aliphatic carbocycles. The fourth-order valence-corrected chi connectivity index (χ4v) is 6.06. The van der Waals surface area contributed by atoms with Crippen LogP contribution >= 0.6 is 0 Å². The molecule has 3 aliphatic heterocycles. The largest absolute Gasteiger partial charge is 0.508 e. The van der Waals surface area contributed by atoms with Crippen molar-refractivity contribution in [3.05, 3.63) is 71.4 Å². The smallest absolute Gasteiger partial charge is 0.387 e. The molecule has 2 unspecified atom stereocenters. The van der Waals surface area contributed by atoms with Crippen LogP contribution in [0.25, 0.3) is 10.9 Å². The van der Waals surface area contributed by atoms with E-state index in [2.05, 4.69) is 26.8 Å². The number of benzene rings is 2. The van der Waals surface area contributed by atoms with Gasteiger partial charge in [0.25, 0.3) is 5.91 Å². The third-order valence-electron chi connectivity index (χ3n) is 7.80. The first-order valence-corrected chi connectivity index (χ1v) is 12.7. The Morgan fingerprint density at radius 1 is 1.13 bits per heavy atom. The van der Waals surface area contributed by atoms with Crippen LogP contribution < -0.4 is 4.74 Å². The van der Waals surface area contributed by atoms with E-state index in [0.717, 1.165) is 25.2 Å². The number of phenols is 1. The summed E-state index contributed by atoms with van der Waals surface area (Å²) in [5.74, 6) is -0.232. The molecule has 6 rings (SSSR count). The molecule has 3 aromatic rings. The Labute approximate surface area is 218 Å². The molecular formula is C28H28F2N4O4. The molecule has 2 atom stereocenters. The van der Waals surface area contributed by atoms with Gasteiger partial charge >= 0.3 is 12.6 Å². The monoisotopic (exact) mass is 522 g/mol. The average Bonchev–Trinajstić information content (AvgIpc) is 3.56. The Morgan fingerprint density at radius 3 is 2.66 bits per heavy atom. The van der Waals surface area contributed by atoms with Gasteiger partial charge in [0.05, 0.1) is 0 Å². The lowest BCUT2D eigenvalue weighted by Crippen LogP contribution is -2.53. The number of carbonyl (C=O) groups is 2. The standard InChI is InChI=1S/C28H28F2N4O4/c1-28-16-21-20-15-19(38-26(29)30)8-9-22(20)31-23(21)24(17-6-4-7-18(35)14-17)34(28)27(37)33(25(28)36)13-5-12-32-10-2-3-11-32/h2-4,6-9,14-15,24,26,31,35H,5,10-13,16H2,1H3. The predicted octanol–water partition coefficient (Wildman–Crippen LogP) is 4.41. The van der Waals surface area contributed by atoms with Crippen molar-refractivity contribution < 1.29 is 28.2 Å². The van der Waals surface area contributed by atoms with E-state index in [9.17, 15) is 23.5 Å². The van der Waals surface area contributed by atoms with Crippen molar-refractivity contribution in [2.24, 2.45) is 0 Å². The van der Waals surface area contributed by atoms with Gasteiger partial charge in [-0.25, -0.2) is 4.79 Å². The minimum Gasteiger partial charge on any atom is -0.508 e. The highest BCUT2D eigenvalue weighted by Gasteiger charge is 2.60. The number of amides is 3. The first-order valence-electron chi connectivity index (χ1n) is 12.7. The minimum absolute atomic E-state index is 0.0163. The number of nitrogens with one attached hydrogen (secondary N) is 1. The summed E-state index contributed by atoms with van der Waals surface area (Å²) in [4.78, 5) is 36.3. The number of hydrogen-bond donors (Lipinski definition) is 2. The lowest BCUT2D eigenvalue weighted by Gasteiger charge is -2.42. The fourth-order valence-electron chi connectivity index (χ4n) is 6.06. The molecule has 0 saturated carbocycles. The van der Waals surface area contributed by atoms with Gasteiger partial charge in [0.1, 0.15) is 23.1 Å². The number of hydrogen-bond acceptors (Lipinski definition) is 5. The first-order chi connectivity index (χ1) is 18.3. The molecule has 0 spiro atoms. The zero-order chi connectivity index (χ0) is 26.6. The van der Waals surface area contributed by atoms with E-state index in [1.54, 1.807) is 48.2 Å². The number of phenolic OH excluding ortho intramolecular Hbond substituents is 1. The van der Waals surface area contributed by atoms with Crippen LogP contribution in [-0.4, -0.2) is 75.1 Å². The molecule has 4 heterocycles. The molecule has 3 aliphatic rings. The molecule has 0 radical (unpaired) electrons. The lowest BCUT2D eigenvalue weighted by atomic mass is 9.81. The van der Waals surface area contributed by atoms with Gasteiger partial charge in [-0.1, -0.05) is 24.3 Å². The van der Waals surface area contributed by atoms with Crippen LogP contribution in [0.5, 0.6) is 11.5 Å². The van der Waals surface area contributed by atoms with Crippen LogP contribution in [0.1, 0.15) is 36.2 Å². The number of aromatic hydroxyl groups is 1. The van der Waals surface area contributed by atoms with E-state index in [1.807, 2.05) is 0 Å². The quantitative estimate of drug-likeness (QED) is 0.355. The highest BCUT2D eigenvalue weighted by Crippen LogP contribution is 2.49. The van der Waals surface area contributed by atoms with Crippen LogP contribution in [0.15, 0.2) is 54.6 Å². The fraction of sp³-hybridized carbons (Fsp3) is 0.357. The molecule has 1 fully saturated rings. The summed E-state index contributed by atoms with van der Waals surface area (Å²) in [6.07, 6.45) is 5.07. The Morgan fingerprint density at radius 2 is 1.92 bits per heavy atom. The van der Waals surface area contributed by atoms with Crippen LogP contribution in [0, 0.1) is 0 Å². The number of aromatic nitrogens is 1. The Hall–Kier alpha value is -3.92. The number of alkyl halides is 2. The summed E-state index contributed by atoms with van der Waals surface area (Å²) < 4.78 is 30.5. The molecule has 1 saturated heterocycles. The average molecular weight is 523 g/mol. The van der Waals surface area contributed by atoms with E-state index >= 15 is 0 Å². The topological polar surface area (TPSA) is 89.1 Å². The summed E-state index contributed by atoms with van der Waals surface area (Å²) in [7, 11) is 0. The van der Waals surface area contributed by atoms with Crippen LogP contribution in [0.2, 0.25) is 0 Å². The second-order valence-electron chi connectivity index (χ2n) is 10.2. The summed E-state index contributed by atoms with van der Waals surface area (Å²) in [6, 6.07) is 10.2. The van der Waals surface area contributed by atoms with E-state index in [1.165, 1.54) is 11.0 Å². The zero-order valence-corrected chi connectivity index (χ0v) is 20.9. The number of imide groups is 1. The highest BCUT2D eigenvalue weighted by atomic mass is 19.3. The van der Waals surface area contributed by atoms with E-state index in [-0.39, 0.29) is 29.9 Å². The van der Waals surface area contributed by atoms with Crippen molar-refractivity contribution in [3.8, 4) is 11.5 Å². The number of H-pyrrole nitrogens is 1. The number of ether oxygens (including phenoxy) is 1. The van der Waals surface area contributed by atoms with E-state index < -0.39 is 18.2 Å². The normalized spacial score (nSPS) is 23.1. The molecule has 3 amide bonds. The summed E-state index contributed by atoms with van der Waals surface area (Å²) in [6.45, 7) is 1.60. The van der Waals surface area contributed by atoms with Gasteiger partial charge in [0.2, 0.25) is 0 Å². The predicted molar refractivity (Wildman–Crippen MR) is 136 cm³/mol.